The number of oxazole rings is 1. The van der Waals surface area contributed by atoms with Crippen LogP contribution >= 0.6 is 0 Å². The zero-order valence-electron chi connectivity index (χ0n) is 10.7. The Balaban J connectivity index is 2.32. The summed E-state index contributed by atoms with van der Waals surface area (Å²) in [6, 6.07) is 4.01. The number of amides is 1. The Morgan fingerprint density at radius 1 is 1.35 bits per heavy atom. The summed E-state index contributed by atoms with van der Waals surface area (Å²) in [5, 5.41) is 2.50. The average Bonchev–Trinajstić information content (AvgIpc) is 2.70. The number of hydrogen-bond acceptors (Lipinski definition) is 4. The maximum atomic E-state index is 12.5. The number of nitrogens with two attached hydrogens (primary N) is 1. The van der Waals surface area contributed by atoms with E-state index in [9.17, 15) is 18.0 Å². The van der Waals surface area contributed by atoms with E-state index in [1.54, 1.807) is 0 Å². The van der Waals surface area contributed by atoms with Gasteiger partial charge in [-0.2, -0.15) is 13.2 Å². The summed E-state index contributed by atoms with van der Waals surface area (Å²) in [6.45, 7) is 3.03. The predicted octanol–water partition coefficient (Wildman–Crippen LogP) is 2.52. The fraction of sp³-hybridized carbons (Fsp3) is 0.333. The minimum Gasteiger partial charge on any atom is -0.433 e. The summed E-state index contributed by atoms with van der Waals surface area (Å²) < 4.78 is 41.9. The lowest BCUT2D eigenvalue weighted by atomic mass is 10.1. The molecular formula is C12H12F3N3O2. The number of anilines is 1. The lowest BCUT2D eigenvalue weighted by Gasteiger charge is -2.17. The summed E-state index contributed by atoms with van der Waals surface area (Å²) in [5.74, 6) is -1.79. The molecule has 0 radical (unpaired) electrons. The Kier molecular flexibility index (Phi) is 3.21. The molecule has 1 heterocycles. The standard InChI is InChI=1S/C12H12F3N3O2/c1-11(2,16)9(19)17-6-3-4-8-7(5-6)18-10(20-8)12(13,14)15/h3-5H,16H2,1-2H3,(H,17,19). The van der Waals surface area contributed by atoms with Crippen LogP contribution in [0, 0.1) is 0 Å². The van der Waals surface area contributed by atoms with Crippen molar-refractivity contribution >= 4 is 22.7 Å². The zero-order chi connectivity index (χ0) is 15.1. The van der Waals surface area contributed by atoms with Crippen molar-refractivity contribution in [3.8, 4) is 0 Å². The summed E-state index contributed by atoms with van der Waals surface area (Å²) >= 11 is 0. The van der Waals surface area contributed by atoms with Crippen molar-refractivity contribution in [1.29, 1.82) is 0 Å². The van der Waals surface area contributed by atoms with Crippen LogP contribution < -0.4 is 11.1 Å². The molecule has 108 valence electrons. The fourth-order valence-electron chi connectivity index (χ4n) is 1.42. The second kappa shape index (κ2) is 4.48. The third-order valence-corrected chi connectivity index (χ3v) is 2.47. The van der Waals surface area contributed by atoms with Gasteiger partial charge in [0.2, 0.25) is 5.91 Å². The van der Waals surface area contributed by atoms with Crippen molar-refractivity contribution in [2.75, 3.05) is 5.32 Å². The van der Waals surface area contributed by atoms with Crippen LogP contribution in [0.5, 0.6) is 0 Å². The van der Waals surface area contributed by atoms with Gasteiger partial charge in [0, 0.05) is 5.69 Å². The van der Waals surface area contributed by atoms with Gasteiger partial charge in [-0.3, -0.25) is 4.79 Å². The van der Waals surface area contributed by atoms with E-state index in [0.29, 0.717) is 5.69 Å². The van der Waals surface area contributed by atoms with Crippen molar-refractivity contribution in [2.45, 2.75) is 25.6 Å². The Morgan fingerprint density at radius 3 is 2.55 bits per heavy atom. The first kappa shape index (κ1) is 14.3. The van der Waals surface area contributed by atoms with E-state index < -0.39 is 23.5 Å². The van der Waals surface area contributed by atoms with E-state index in [1.165, 1.54) is 32.0 Å². The largest absolute Gasteiger partial charge is 0.468 e. The van der Waals surface area contributed by atoms with E-state index in [0.717, 1.165) is 0 Å². The van der Waals surface area contributed by atoms with Crippen LogP contribution in [0.3, 0.4) is 0 Å². The predicted molar refractivity (Wildman–Crippen MR) is 65.9 cm³/mol. The second-order valence-electron chi connectivity index (χ2n) is 4.88. The summed E-state index contributed by atoms with van der Waals surface area (Å²) in [7, 11) is 0. The van der Waals surface area contributed by atoms with Crippen molar-refractivity contribution in [1.82, 2.24) is 4.98 Å². The molecule has 0 aliphatic carbocycles. The van der Waals surface area contributed by atoms with Gasteiger partial charge in [-0.25, -0.2) is 4.98 Å². The van der Waals surface area contributed by atoms with Gasteiger partial charge in [-0.15, -0.1) is 0 Å². The number of benzene rings is 1. The zero-order valence-corrected chi connectivity index (χ0v) is 10.7. The molecule has 0 spiro atoms. The number of rotatable bonds is 2. The average molecular weight is 287 g/mol. The van der Waals surface area contributed by atoms with Gasteiger partial charge < -0.3 is 15.5 Å². The van der Waals surface area contributed by atoms with E-state index >= 15 is 0 Å². The van der Waals surface area contributed by atoms with Gasteiger partial charge in [0.25, 0.3) is 0 Å². The topological polar surface area (TPSA) is 81.2 Å². The Morgan fingerprint density at radius 2 is 2.00 bits per heavy atom. The maximum absolute atomic E-state index is 12.5. The highest BCUT2D eigenvalue weighted by Gasteiger charge is 2.37. The van der Waals surface area contributed by atoms with Crippen LogP contribution in [-0.2, 0) is 11.0 Å². The highest BCUT2D eigenvalue weighted by Crippen LogP contribution is 2.31. The number of alkyl halides is 3. The fourth-order valence-corrected chi connectivity index (χ4v) is 1.42. The lowest BCUT2D eigenvalue weighted by molar-refractivity contribution is -0.156. The molecule has 20 heavy (non-hydrogen) atoms. The summed E-state index contributed by atoms with van der Waals surface area (Å²) in [5.41, 5.74) is 4.79. The number of hydrogen-bond donors (Lipinski definition) is 2. The number of fused-ring (bicyclic) bond motifs is 1. The number of nitrogens with zero attached hydrogens (tertiary/aromatic N) is 1. The molecule has 0 unspecified atom stereocenters. The van der Waals surface area contributed by atoms with E-state index in [4.69, 9.17) is 5.73 Å². The Hall–Kier alpha value is -2.09. The normalized spacial score (nSPS) is 12.7. The highest BCUT2D eigenvalue weighted by atomic mass is 19.4. The van der Waals surface area contributed by atoms with Crippen molar-refractivity contribution in [2.24, 2.45) is 5.73 Å². The molecule has 0 fully saturated rings. The molecule has 1 amide bonds. The smallest absolute Gasteiger partial charge is 0.433 e. The first-order chi connectivity index (χ1) is 9.07. The minimum atomic E-state index is -4.65. The van der Waals surface area contributed by atoms with Gasteiger partial charge in [-0.1, -0.05) is 0 Å². The van der Waals surface area contributed by atoms with Gasteiger partial charge >= 0.3 is 12.1 Å². The molecule has 1 aromatic heterocycles. The molecule has 1 aromatic carbocycles. The van der Waals surface area contributed by atoms with Crippen LogP contribution in [0.2, 0.25) is 0 Å². The first-order valence-electron chi connectivity index (χ1n) is 5.65. The molecule has 2 rings (SSSR count). The van der Waals surface area contributed by atoms with Gasteiger partial charge in [0.1, 0.15) is 5.52 Å². The lowest BCUT2D eigenvalue weighted by Crippen LogP contribution is -2.45. The summed E-state index contributed by atoms with van der Waals surface area (Å²) in [6.07, 6.45) is -4.65. The van der Waals surface area contributed by atoms with Crippen molar-refractivity contribution in [3.63, 3.8) is 0 Å². The molecule has 0 aliphatic heterocycles. The van der Waals surface area contributed by atoms with Gasteiger partial charge in [0.15, 0.2) is 5.58 Å². The number of carbonyl (C=O) groups is 1. The van der Waals surface area contributed by atoms with E-state index in [2.05, 4.69) is 14.7 Å². The molecule has 0 bridgehead atoms. The molecule has 3 N–H and O–H groups in total. The third kappa shape index (κ3) is 2.90. The van der Waals surface area contributed by atoms with Crippen LogP contribution in [0.4, 0.5) is 18.9 Å². The first-order valence-corrected chi connectivity index (χ1v) is 5.65. The van der Waals surface area contributed by atoms with Crippen molar-refractivity contribution < 1.29 is 22.4 Å². The maximum Gasteiger partial charge on any atom is 0.468 e. The van der Waals surface area contributed by atoms with Crippen LogP contribution in [0.1, 0.15) is 19.7 Å². The molecule has 0 saturated heterocycles. The molecule has 2 aromatic rings. The van der Waals surface area contributed by atoms with Crippen LogP contribution in [0.25, 0.3) is 11.1 Å². The van der Waals surface area contributed by atoms with E-state index in [1.807, 2.05) is 0 Å². The highest BCUT2D eigenvalue weighted by molar-refractivity contribution is 5.98. The van der Waals surface area contributed by atoms with Crippen LogP contribution in [0.15, 0.2) is 22.6 Å². The SMILES string of the molecule is CC(C)(N)C(=O)Nc1ccc2oc(C(F)(F)F)nc2c1. The molecule has 0 saturated carbocycles. The minimum absolute atomic E-state index is 0.00459. The second-order valence-corrected chi connectivity index (χ2v) is 4.88. The quantitative estimate of drug-likeness (QED) is 0.889. The van der Waals surface area contributed by atoms with Gasteiger partial charge in [-0.05, 0) is 32.0 Å². The van der Waals surface area contributed by atoms with E-state index in [-0.39, 0.29) is 11.1 Å². The molecular weight excluding hydrogens is 275 g/mol. The number of halogens is 3. The summed E-state index contributed by atoms with van der Waals surface area (Å²) in [4.78, 5) is 15.0. The Bertz CT molecular complexity index is 656. The van der Waals surface area contributed by atoms with Gasteiger partial charge in [0.05, 0.1) is 5.54 Å². The Labute approximate surface area is 111 Å². The number of aromatic nitrogens is 1. The third-order valence-electron chi connectivity index (χ3n) is 2.47. The molecule has 0 aliphatic rings. The monoisotopic (exact) mass is 287 g/mol. The molecule has 0 atom stereocenters. The molecule has 5 nitrogen and oxygen atoms in total. The number of nitrogens with one attached hydrogen (secondary N) is 1. The number of carbonyl (C=O) groups excluding carboxylic acids is 1. The van der Waals surface area contributed by atoms with Crippen LogP contribution in [-0.4, -0.2) is 16.4 Å². The molecule has 8 heteroatoms. The van der Waals surface area contributed by atoms with Crippen molar-refractivity contribution in [3.05, 3.63) is 24.1 Å².